The SMILES string of the molecule is CCCn1ncc(S(=O)(=O)N2CCC3=Cc4c(cnn4-c4ccc(F)cc4)C[C@]3(COc3cccnn3)C2)n1. The molecule has 0 amide bonds. The highest BCUT2D eigenvalue weighted by atomic mass is 32.2. The minimum Gasteiger partial charge on any atom is -0.476 e. The Morgan fingerprint density at radius 3 is 2.74 bits per heavy atom. The first-order chi connectivity index (χ1) is 18.9. The lowest BCUT2D eigenvalue weighted by Gasteiger charge is -2.45. The molecule has 13 heteroatoms. The molecule has 0 radical (unpaired) electrons. The van der Waals surface area contributed by atoms with Gasteiger partial charge in [0.05, 0.1) is 30.3 Å². The van der Waals surface area contributed by atoms with Crippen molar-refractivity contribution in [2.45, 2.75) is 37.8 Å². The summed E-state index contributed by atoms with van der Waals surface area (Å²) >= 11 is 0. The van der Waals surface area contributed by atoms with Gasteiger partial charge < -0.3 is 4.74 Å². The molecule has 6 rings (SSSR count). The Morgan fingerprint density at radius 1 is 1.13 bits per heavy atom. The number of rotatable bonds is 8. The van der Waals surface area contributed by atoms with Crippen LogP contribution in [0.25, 0.3) is 11.8 Å². The number of fused-ring (bicyclic) bond motifs is 2. The van der Waals surface area contributed by atoms with Crippen LogP contribution < -0.4 is 4.74 Å². The maximum atomic E-state index is 13.6. The van der Waals surface area contributed by atoms with Crippen LogP contribution in [0.5, 0.6) is 5.88 Å². The second-order valence-electron chi connectivity index (χ2n) is 9.79. The third-order valence-corrected chi connectivity index (χ3v) is 8.88. The Hall–Kier alpha value is -3.97. The van der Waals surface area contributed by atoms with E-state index in [2.05, 4.69) is 31.6 Å². The van der Waals surface area contributed by atoms with Crippen molar-refractivity contribution in [3.63, 3.8) is 0 Å². The molecule has 202 valence electrons. The average Bonchev–Trinajstić information content (AvgIpc) is 3.59. The number of hydrogen-bond acceptors (Lipinski definition) is 8. The third-order valence-electron chi connectivity index (χ3n) is 7.18. The summed E-state index contributed by atoms with van der Waals surface area (Å²) in [5.74, 6) is 0.0446. The standard InChI is InChI=1S/C26H27FN8O3S/c1-2-11-34-29-16-25(32-34)39(36,37)33-12-9-20-13-23-19(15-30-35(23)22-7-5-21(27)6-8-22)14-26(20,17-33)18-38-24-4-3-10-28-31-24/h3-8,10,13,15-16H,2,9,11-12,14,17-18H2,1H3/t26-/m1/s1. The molecular formula is C26H27FN8O3S. The Bertz CT molecular complexity index is 1620. The molecule has 0 spiro atoms. The van der Waals surface area contributed by atoms with Gasteiger partial charge in [0.2, 0.25) is 10.9 Å². The lowest BCUT2D eigenvalue weighted by Crippen LogP contribution is -2.52. The van der Waals surface area contributed by atoms with Crippen molar-refractivity contribution in [2.75, 3.05) is 19.7 Å². The van der Waals surface area contributed by atoms with Crippen molar-refractivity contribution in [1.29, 1.82) is 0 Å². The number of piperidine rings is 1. The number of halogens is 1. The van der Waals surface area contributed by atoms with Crippen LogP contribution in [0.3, 0.4) is 0 Å². The minimum atomic E-state index is -3.88. The Balaban J connectivity index is 1.35. The Labute approximate surface area is 225 Å². The highest BCUT2D eigenvalue weighted by Crippen LogP contribution is 2.45. The zero-order valence-electron chi connectivity index (χ0n) is 21.3. The largest absolute Gasteiger partial charge is 0.476 e. The fourth-order valence-corrected chi connectivity index (χ4v) is 6.62. The van der Waals surface area contributed by atoms with Gasteiger partial charge >= 0.3 is 0 Å². The van der Waals surface area contributed by atoms with Crippen LogP contribution in [-0.4, -0.2) is 67.4 Å². The van der Waals surface area contributed by atoms with Crippen molar-refractivity contribution >= 4 is 16.1 Å². The molecule has 1 saturated heterocycles. The summed E-state index contributed by atoms with van der Waals surface area (Å²) in [6, 6.07) is 9.62. The van der Waals surface area contributed by atoms with E-state index in [1.54, 1.807) is 41.3 Å². The minimum absolute atomic E-state index is 0.0611. The predicted molar refractivity (Wildman–Crippen MR) is 139 cm³/mol. The molecule has 0 unspecified atom stereocenters. The summed E-state index contributed by atoms with van der Waals surface area (Å²) in [4.78, 5) is 1.41. The van der Waals surface area contributed by atoms with E-state index in [9.17, 15) is 12.8 Å². The lowest BCUT2D eigenvalue weighted by atomic mass is 9.69. The average molecular weight is 551 g/mol. The number of sulfonamides is 1. The van der Waals surface area contributed by atoms with Crippen LogP contribution in [0.15, 0.2) is 65.6 Å². The normalized spacial score (nSPS) is 19.3. The second-order valence-corrected chi connectivity index (χ2v) is 11.7. The topological polar surface area (TPSA) is 121 Å². The summed E-state index contributed by atoms with van der Waals surface area (Å²) in [5.41, 5.74) is 2.98. The van der Waals surface area contributed by atoms with Gasteiger partial charge in [0.15, 0.2) is 0 Å². The van der Waals surface area contributed by atoms with Gasteiger partial charge in [0.1, 0.15) is 12.4 Å². The Morgan fingerprint density at radius 2 is 1.97 bits per heavy atom. The van der Waals surface area contributed by atoms with Crippen LogP contribution in [-0.2, 0) is 23.0 Å². The van der Waals surface area contributed by atoms with E-state index in [1.165, 1.54) is 27.4 Å². The predicted octanol–water partition coefficient (Wildman–Crippen LogP) is 2.90. The summed E-state index contributed by atoms with van der Waals surface area (Å²) < 4.78 is 50.2. The van der Waals surface area contributed by atoms with Crippen LogP contribution in [0.2, 0.25) is 0 Å². The number of benzene rings is 1. The van der Waals surface area contributed by atoms with E-state index in [0.29, 0.717) is 31.8 Å². The molecule has 0 saturated carbocycles. The van der Waals surface area contributed by atoms with Crippen molar-refractivity contribution in [2.24, 2.45) is 5.41 Å². The molecule has 2 aliphatic rings. The third kappa shape index (κ3) is 4.72. The molecule has 39 heavy (non-hydrogen) atoms. The first-order valence-electron chi connectivity index (χ1n) is 12.7. The molecule has 0 bridgehead atoms. The van der Waals surface area contributed by atoms with Gasteiger partial charge in [-0.3, -0.25) is 0 Å². The van der Waals surface area contributed by atoms with Crippen molar-refractivity contribution in [3.8, 4) is 11.6 Å². The first kappa shape index (κ1) is 25.3. The maximum absolute atomic E-state index is 13.6. The molecular weight excluding hydrogens is 523 g/mol. The van der Waals surface area contributed by atoms with Gasteiger partial charge in [-0.15, -0.1) is 10.2 Å². The fourth-order valence-electron chi connectivity index (χ4n) is 5.23. The monoisotopic (exact) mass is 550 g/mol. The highest BCUT2D eigenvalue weighted by Gasteiger charge is 2.47. The molecule has 1 fully saturated rings. The van der Waals surface area contributed by atoms with E-state index in [0.717, 1.165) is 28.9 Å². The quantitative estimate of drug-likeness (QED) is 0.328. The van der Waals surface area contributed by atoms with Gasteiger partial charge in [-0.05, 0) is 61.2 Å². The summed E-state index contributed by atoms with van der Waals surface area (Å²) in [5, 5.41) is 20.8. The van der Waals surface area contributed by atoms with Gasteiger partial charge in [-0.1, -0.05) is 12.5 Å². The van der Waals surface area contributed by atoms with Crippen molar-refractivity contribution < 1.29 is 17.5 Å². The molecule has 0 N–H and O–H groups in total. The van der Waals surface area contributed by atoms with E-state index < -0.39 is 15.4 Å². The van der Waals surface area contributed by atoms with E-state index >= 15 is 0 Å². The smallest absolute Gasteiger partial charge is 0.264 e. The van der Waals surface area contributed by atoms with Crippen LogP contribution in [0.4, 0.5) is 4.39 Å². The molecule has 1 aromatic carbocycles. The van der Waals surface area contributed by atoms with Crippen molar-refractivity contribution in [3.05, 3.63) is 77.6 Å². The summed E-state index contributed by atoms with van der Waals surface area (Å²) in [6.07, 6.45) is 8.52. The first-order valence-corrected chi connectivity index (χ1v) is 14.2. The summed E-state index contributed by atoms with van der Waals surface area (Å²) in [6.45, 7) is 3.21. The molecule has 4 aromatic rings. The number of aryl methyl sites for hydroxylation is 1. The van der Waals surface area contributed by atoms with Crippen LogP contribution in [0, 0.1) is 11.2 Å². The number of ether oxygens (including phenoxy) is 1. The second kappa shape index (κ2) is 9.97. The number of aromatic nitrogens is 7. The highest BCUT2D eigenvalue weighted by molar-refractivity contribution is 7.89. The van der Waals surface area contributed by atoms with E-state index in [4.69, 9.17) is 4.74 Å². The summed E-state index contributed by atoms with van der Waals surface area (Å²) in [7, 11) is -3.88. The van der Waals surface area contributed by atoms with Crippen LogP contribution >= 0.6 is 0 Å². The molecule has 1 atom stereocenters. The van der Waals surface area contributed by atoms with Gasteiger partial charge in [-0.2, -0.15) is 24.4 Å². The maximum Gasteiger partial charge on any atom is 0.264 e. The van der Waals surface area contributed by atoms with Gasteiger partial charge in [0, 0.05) is 30.8 Å². The van der Waals surface area contributed by atoms with E-state index in [1.807, 2.05) is 6.92 Å². The lowest BCUT2D eigenvalue weighted by molar-refractivity contribution is 0.121. The molecule has 11 nitrogen and oxygen atoms in total. The Kier molecular flexibility index (Phi) is 6.47. The fraction of sp³-hybridized carbons (Fsp3) is 0.346. The number of hydrogen-bond donors (Lipinski definition) is 0. The molecule has 4 heterocycles. The van der Waals surface area contributed by atoms with Gasteiger partial charge in [-0.25, -0.2) is 17.5 Å². The van der Waals surface area contributed by atoms with Crippen molar-refractivity contribution in [1.82, 2.24) is 39.3 Å². The zero-order valence-corrected chi connectivity index (χ0v) is 22.1. The zero-order chi connectivity index (χ0) is 27.0. The molecule has 1 aliphatic carbocycles. The van der Waals surface area contributed by atoms with E-state index in [-0.39, 0.29) is 24.0 Å². The van der Waals surface area contributed by atoms with Crippen LogP contribution in [0.1, 0.15) is 31.0 Å². The number of nitrogens with zero attached hydrogens (tertiary/aromatic N) is 8. The molecule has 1 aliphatic heterocycles. The van der Waals surface area contributed by atoms with Gasteiger partial charge in [0.25, 0.3) is 10.0 Å². The molecule has 3 aromatic heterocycles.